The fourth-order valence-corrected chi connectivity index (χ4v) is 3.30. The Morgan fingerprint density at radius 1 is 1.29 bits per heavy atom. The maximum Gasteiger partial charge on any atom is 0.322 e. The van der Waals surface area contributed by atoms with Gasteiger partial charge in [0.25, 0.3) is 0 Å². The first kappa shape index (κ1) is 16.0. The van der Waals surface area contributed by atoms with E-state index in [0.29, 0.717) is 25.2 Å². The first-order valence-electron chi connectivity index (χ1n) is 8.06. The van der Waals surface area contributed by atoms with Crippen LogP contribution in [0.1, 0.15) is 65.2 Å². The molecule has 0 aromatic heterocycles. The van der Waals surface area contributed by atoms with E-state index in [1.165, 1.54) is 0 Å². The Kier molecular flexibility index (Phi) is 5.37. The molecule has 5 nitrogen and oxygen atoms in total. The molecule has 0 N–H and O–H groups in total. The molecular weight excluding hydrogens is 270 g/mol. The highest BCUT2D eigenvalue weighted by Crippen LogP contribution is 2.39. The number of ketones is 1. The molecule has 1 aliphatic carbocycles. The summed E-state index contributed by atoms with van der Waals surface area (Å²) in [7, 11) is 0. The lowest BCUT2D eigenvalue weighted by molar-refractivity contribution is -0.177. The van der Waals surface area contributed by atoms with Crippen LogP contribution in [0.4, 0.5) is 0 Å². The normalized spacial score (nSPS) is 25.8. The standard InChI is InChI=1S/C16H25NO4/c1-3-8-12(17-20-4-2)14-13(18)11-16(21-15(14)19)9-6-5-7-10-16/h14H,3-11H2,1-2H3. The summed E-state index contributed by atoms with van der Waals surface area (Å²) < 4.78 is 5.71. The van der Waals surface area contributed by atoms with Crippen molar-refractivity contribution in [1.82, 2.24) is 0 Å². The summed E-state index contributed by atoms with van der Waals surface area (Å²) in [5, 5.41) is 3.98. The van der Waals surface area contributed by atoms with Crippen molar-refractivity contribution in [3.63, 3.8) is 0 Å². The average molecular weight is 295 g/mol. The molecule has 0 bridgehead atoms. The second-order valence-corrected chi connectivity index (χ2v) is 5.99. The van der Waals surface area contributed by atoms with Crippen LogP contribution in [0.5, 0.6) is 0 Å². The maximum atomic E-state index is 12.5. The highest BCUT2D eigenvalue weighted by Gasteiger charge is 2.48. The van der Waals surface area contributed by atoms with Crippen molar-refractivity contribution in [3.05, 3.63) is 0 Å². The number of esters is 1. The number of nitrogens with zero attached hydrogens (tertiary/aromatic N) is 1. The van der Waals surface area contributed by atoms with Gasteiger partial charge in [-0.05, 0) is 39.0 Å². The molecule has 2 fully saturated rings. The third-order valence-electron chi connectivity index (χ3n) is 4.29. The Hall–Kier alpha value is -1.39. The Morgan fingerprint density at radius 2 is 2.00 bits per heavy atom. The second-order valence-electron chi connectivity index (χ2n) is 5.99. The molecule has 2 rings (SSSR count). The van der Waals surface area contributed by atoms with Crippen LogP contribution < -0.4 is 0 Å². The summed E-state index contributed by atoms with van der Waals surface area (Å²) in [6.45, 7) is 4.24. The maximum absolute atomic E-state index is 12.5. The highest BCUT2D eigenvalue weighted by atomic mass is 16.6. The molecule has 1 unspecified atom stereocenters. The number of ether oxygens (including phenoxy) is 1. The van der Waals surface area contributed by atoms with Crippen molar-refractivity contribution in [2.75, 3.05) is 6.61 Å². The van der Waals surface area contributed by atoms with Gasteiger partial charge in [-0.15, -0.1) is 0 Å². The number of carbonyl (C=O) groups is 2. The largest absolute Gasteiger partial charge is 0.458 e. The van der Waals surface area contributed by atoms with Gasteiger partial charge in [0.1, 0.15) is 12.2 Å². The zero-order chi connectivity index (χ0) is 15.3. The molecule has 1 heterocycles. The minimum Gasteiger partial charge on any atom is -0.458 e. The topological polar surface area (TPSA) is 65.0 Å². The van der Waals surface area contributed by atoms with E-state index < -0.39 is 17.5 Å². The van der Waals surface area contributed by atoms with E-state index in [-0.39, 0.29) is 5.78 Å². The molecule has 0 aromatic carbocycles. The van der Waals surface area contributed by atoms with Crippen LogP contribution in [0.2, 0.25) is 0 Å². The van der Waals surface area contributed by atoms with Gasteiger partial charge in [0.05, 0.1) is 5.71 Å². The monoisotopic (exact) mass is 295 g/mol. The molecule has 1 aliphatic heterocycles. The lowest BCUT2D eigenvalue weighted by atomic mass is 9.76. The van der Waals surface area contributed by atoms with Crippen molar-refractivity contribution >= 4 is 17.5 Å². The van der Waals surface area contributed by atoms with Crippen molar-refractivity contribution in [3.8, 4) is 0 Å². The Bertz CT molecular complexity index is 404. The number of rotatable bonds is 5. The van der Waals surface area contributed by atoms with Crippen LogP contribution in [-0.4, -0.2) is 29.7 Å². The molecule has 2 aliphatic rings. The van der Waals surface area contributed by atoms with Crippen LogP contribution in [0.25, 0.3) is 0 Å². The summed E-state index contributed by atoms with van der Waals surface area (Å²) >= 11 is 0. The minimum absolute atomic E-state index is 0.0555. The van der Waals surface area contributed by atoms with Gasteiger partial charge in [-0.2, -0.15) is 0 Å². The predicted molar refractivity (Wildman–Crippen MR) is 79.0 cm³/mol. The Labute approximate surface area is 126 Å². The molecule has 1 saturated heterocycles. The van der Waals surface area contributed by atoms with Gasteiger partial charge in [-0.3, -0.25) is 9.59 Å². The van der Waals surface area contributed by atoms with E-state index in [1.54, 1.807) is 0 Å². The van der Waals surface area contributed by atoms with Crippen LogP contribution in [-0.2, 0) is 19.2 Å². The minimum atomic E-state index is -0.857. The van der Waals surface area contributed by atoms with Gasteiger partial charge in [0, 0.05) is 6.42 Å². The molecule has 1 atom stereocenters. The van der Waals surface area contributed by atoms with E-state index in [1.807, 2.05) is 13.8 Å². The quantitative estimate of drug-likeness (QED) is 0.338. The zero-order valence-corrected chi connectivity index (χ0v) is 13.0. The van der Waals surface area contributed by atoms with Crippen molar-refractivity contribution in [2.45, 2.75) is 70.8 Å². The third-order valence-corrected chi connectivity index (χ3v) is 4.29. The Balaban J connectivity index is 2.14. The van der Waals surface area contributed by atoms with Crippen molar-refractivity contribution in [1.29, 1.82) is 0 Å². The molecule has 1 spiro atoms. The summed E-state index contributed by atoms with van der Waals surface area (Å²) in [4.78, 5) is 30.0. The van der Waals surface area contributed by atoms with Crippen LogP contribution in [0, 0.1) is 5.92 Å². The van der Waals surface area contributed by atoms with E-state index in [4.69, 9.17) is 9.57 Å². The first-order chi connectivity index (χ1) is 10.1. The molecule has 0 radical (unpaired) electrons. The second kappa shape index (κ2) is 7.05. The molecule has 1 saturated carbocycles. The molecule has 0 amide bonds. The third kappa shape index (κ3) is 3.63. The molecule has 21 heavy (non-hydrogen) atoms. The summed E-state index contributed by atoms with van der Waals surface area (Å²) in [5.41, 5.74) is -0.0220. The van der Waals surface area contributed by atoms with Gasteiger partial charge in [-0.1, -0.05) is 24.9 Å². The van der Waals surface area contributed by atoms with E-state index in [2.05, 4.69) is 5.16 Å². The SMILES string of the molecule is CCCC(=NOCC)C1C(=O)CC2(CCCCC2)OC1=O. The lowest BCUT2D eigenvalue weighted by Crippen LogP contribution is -2.50. The van der Waals surface area contributed by atoms with Gasteiger partial charge >= 0.3 is 5.97 Å². The Morgan fingerprint density at radius 3 is 2.57 bits per heavy atom. The summed E-state index contributed by atoms with van der Waals surface area (Å²) in [6.07, 6.45) is 6.56. The van der Waals surface area contributed by atoms with Gasteiger partial charge in [0.15, 0.2) is 11.7 Å². The first-order valence-corrected chi connectivity index (χ1v) is 8.06. The van der Waals surface area contributed by atoms with Crippen LogP contribution in [0.15, 0.2) is 5.16 Å². The average Bonchev–Trinajstić information content (AvgIpc) is 2.44. The van der Waals surface area contributed by atoms with E-state index in [9.17, 15) is 9.59 Å². The number of hydrogen-bond acceptors (Lipinski definition) is 5. The number of Topliss-reactive ketones (excluding diaryl/α,β-unsaturated/α-hetero) is 1. The fraction of sp³-hybridized carbons (Fsp3) is 0.812. The summed E-state index contributed by atoms with van der Waals surface area (Å²) in [6, 6.07) is 0. The van der Waals surface area contributed by atoms with E-state index >= 15 is 0 Å². The number of hydrogen-bond donors (Lipinski definition) is 0. The summed E-state index contributed by atoms with van der Waals surface area (Å²) in [5.74, 6) is -1.34. The van der Waals surface area contributed by atoms with Gasteiger partial charge in [-0.25, -0.2) is 0 Å². The molecular formula is C16H25NO4. The van der Waals surface area contributed by atoms with Crippen molar-refractivity contribution < 1.29 is 19.2 Å². The number of carbonyl (C=O) groups excluding carboxylic acids is 2. The van der Waals surface area contributed by atoms with Crippen molar-refractivity contribution in [2.24, 2.45) is 11.1 Å². The zero-order valence-electron chi connectivity index (χ0n) is 13.0. The number of oxime groups is 1. The lowest BCUT2D eigenvalue weighted by Gasteiger charge is -2.41. The van der Waals surface area contributed by atoms with Gasteiger partial charge < -0.3 is 9.57 Å². The van der Waals surface area contributed by atoms with Crippen LogP contribution >= 0.6 is 0 Å². The smallest absolute Gasteiger partial charge is 0.322 e. The molecule has 118 valence electrons. The highest BCUT2D eigenvalue weighted by molar-refractivity contribution is 6.20. The molecule has 5 heteroatoms. The van der Waals surface area contributed by atoms with Crippen LogP contribution in [0.3, 0.4) is 0 Å². The van der Waals surface area contributed by atoms with Gasteiger partial charge in [0.2, 0.25) is 0 Å². The fourth-order valence-electron chi connectivity index (χ4n) is 3.30. The molecule has 0 aromatic rings. The van der Waals surface area contributed by atoms with E-state index in [0.717, 1.165) is 38.5 Å². The predicted octanol–water partition coefficient (Wildman–Crippen LogP) is 3.01.